The fourth-order valence-electron chi connectivity index (χ4n) is 6.47. The Bertz CT molecular complexity index is 1030. The highest BCUT2D eigenvalue weighted by Crippen LogP contribution is 2.65. The van der Waals surface area contributed by atoms with E-state index in [1.807, 2.05) is 26.0 Å². The van der Waals surface area contributed by atoms with Crippen LogP contribution in [0.15, 0.2) is 49.2 Å². The number of nitrogens with zero attached hydrogens (tertiary/aromatic N) is 3. The van der Waals surface area contributed by atoms with Gasteiger partial charge in [-0.15, -0.1) is 6.58 Å². The Morgan fingerprint density at radius 1 is 1.09 bits per heavy atom. The van der Waals surface area contributed by atoms with Crippen molar-refractivity contribution >= 4 is 17.2 Å². The highest BCUT2D eigenvalue weighted by molar-refractivity contribution is 5.85. The summed E-state index contributed by atoms with van der Waals surface area (Å²) in [5.41, 5.74) is 1.46. The van der Waals surface area contributed by atoms with Crippen molar-refractivity contribution in [2.75, 3.05) is 9.80 Å². The molecule has 6 heteroatoms. The number of allylic oxidation sites excluding steroid dienone is 1. The maximum absolute atomic E-state index is 13.6. The minimum atomic E-state index is -4.44. The fraction of sp³-hybridized carbons (Fsp3) is 0.500. The van der Waals surface area contributed by atoms with Crippen molar-refractivity contribution < 1.29 is 13.2 Å². The monoisotopic (exact) mass is 443 g/mol. The smallest absolute Gasteiger partial charge is 0.345 e. The Balaban J connectivity index is 2.11. The molecule has 0 radical (unpaired) electrons. The summed E-state index contributed by atoms with van der Waals surface area (Å²) in [5.74, 6) is 0.601. The van der Waals surface area contributed by atoms with Gasteiger partial charge in [0.05, 0.1) is 11.3 Å². The zero-order valence-corrected chi connectivity index (χ0v) is 19.5. The van der Waals surface area contributed by atoms with Crippen LogP contribution in [0.1, 0.15) is 65.0 Å². The minimum Gasteiger partial charge on any atom is -0.345 e. The number of fused-ring (bicyclic) bond motifs is 5. The summed E-state index contributed by atoms with van der Waals surface area (Å²) in [6.45, 7) is 15.0. The first kappa shape index (κ1) is 22.7. The van der Waals surface area contributed by atoms with Gasteiger partial charge in [0.2, 0.25) is 0 Å². The summed E-state index contributed by atoms with van der Waals surface area (Å²) in [4.78, 5) is 8.76. The van der Waals surface area contributed by atoms with Gasteiger partial charge in [-0.1, -0.05) is 45.0 Å². The van der Waals surface area contributed by atoms with Crippen molar-refractivity contribution in [2.45, 2.75) is 77.7 Å². The Morgan fingerprint density at radius 2 is 1.75 bits per heavy atom. The van der Waals surface area contributed by atoms with E-state index in [4.69, 9.17) is 0 Å². The SMILES string of the molecule is C=CC1(CC)c2ccccc2N2c3ncc(C(F)(F)F)cc3N(C(C)C)C2C1(CC)CC. The molecule has 32 heavy (non-hydrogen) atoms. The first-order valence-corrected chi connectivity index (χ1v) is 11.5. The number of benzene rings is 1. The number of hydrogen-bond donors (Lipinski definition) is 0. The lowest BCUT2D eigenvalue weighted by molar-refractivity contribution is -0.137. The van der Waals surface area contributed by atoms with Crippen LogP contribution in [0.2, 0.25) is 0 Å². The summed E-state index contributed by atoms with van der Waals surface area (Å²) in [6.07, 6.45) is 1.06. The Hall–Kier alpha value is -2.50. The second-order valence-electron chi connectivity index (χ2n) is 9.22. The molecule has 172 valence electrons. The van der Waals surface area contributed by atoms with Gasteiger partial charge < -0.3 is 9.80 Å². The van der Waals surface area contributed by atoms with Gasteiger partial charge in [0.1, 0.15) is 6.17 Å². The molecule has 2 unspecified atom stereocenters. The second kappa shape index (κ2) is 7.53. The van der Waals surface area contributed by atoms with E-state index in [0.717, 1.165) is 31.1 Å². The van der Waals surface area contributed by atoms with E-state index < -0.39 is 11.7 Å². The van der Waals surface area contributed by atoms with Crippen LogP contribution >= 0.6 is 0 Å². The van der Waals surface area contributed by atoms with E-state index in [0.29, 0.717) is 11.5 Å². The van der Waals surface area contributed by atoms with Gasteiger partial charge in [-0.2, -0.15) is 13.2 Å². The van der Waals surface area contributed by atoms with E-state index >= 15 is 0 Å². The van der Waals surface area contributed by atoms with Gasteiger partial charge in [0.15, 0.2) is 5.82 Å². The Labute approximate surface area is 188 Å². The van der Waals surface area contributed by atoms with E-state index in [1.165, 1.54) is 11.6 Å². The molecule has 1 aromatic carbocycles. The molecule has 0 saturated carbocycles. The number of pyridine rings is 1. The van der Waals surface area contributed by atoms with Crippen LogP contribution in [-0.2, 0) is 11.6 Å². The third kappa shape index (κ3) is 2.70. The molecule has 0 aliphatic carbocycles. The number of anilines is 3. The average molecular weight is 444 g/mol. The van der Waals surface area contributed by atoms with E-state index in [9.17, 15) is 13.2 Å². The maximum atomic E-state index is 13.6. The molecule has 2 aliphatic rings. The zero-order chi connectivity index (χ0) is 23.5. The van der Waals surface area contributed by atoms with Crippen molar-refractivity contribution in [3.8, 4) is 0 Å². The van der Waals surface area contributed by atoms with E-state index in [2.05, 4.69) is 60.3 Å². The van der Waals surface area contributed by atoms with Crippen molar-refractivity contribution in [1.82, 2.24) is 4.98 Å². The molecule has 0 bridgehead atoms. The fourth-order valence-corrected chi connectivity index (χ4v) is 6.47. The maximum Gasteiger partial charge on any atom is 0.417 e. The molecular formula is C26H32F3N3. The molecule has 3 nitrogen and oxygen atoms in total. The number of halogens is 3. The summed E-state index contributed by atoms with van der Waals surface area (Å²) in [5, 5.41) is 0. The minimum absolute atomic E-state index is 0.00357. The van der Waals surface area contributed by atoms with Crippen LogP contribution < -0.4 is 9.80 Å². The number of rotatable bonds is 5. The van der Waals surface area contributed by atoms with E-state index in [1.54, 1.807) is 0 Å². The first-order valence-electron chi connectivity index (χ1n) is 11.5. The first-order chi connectivity index (χ1) is 15.1. The quantitative estimate of drug-likeness (QED) is 0.448. The molecule has 2 atom stereocenters. The normalized spacial score (nSPS) is 23.7. The highest BCUT2D eigenvalue weighted by Gasteiger charge is 2.63. The molecule has 3 heterocycles. The molecule has 0 N–H and O–H groups in total. The van der Waals surface area contributed by atoms with Crippen molar-refractivity contribution in [3.05, 3.63) is 60.3 Å². The van der Waals surface area contributed by atoms with Crippen LogP contribution in [0, 0.1) is 5.41 Å². The highest BCUT2D eigenvalue weighted by atomic mass is 19.4. The third-order valence-electron chi connectivity index (χ3n) is 7.94. The average Bonchev–Trinajstić information content (AvgIpc) is 3.12. The molecule has 1 aromatic heterocycles. The third-order valence-corrected chi connectivity index (χ3v) is 7.94. The summed E-state index contributed by atoms with van der Waals surface area (Å²) in [7, 11) is 0. The molecule has 0 saturated heterocycles. The topological polar surface area (TPSA) is 19.4 Å². The van der Waals surface area contributed by atoms with E-state index in [-0.39, 0.29) is 23.0 Å². The number of hydrogen-bond acceptors (Lipinski definition) is 3. The second-order valence-corrected chi connectivity index (χ2v) is 9.22. The van der Waals surface area contributed by atoms with Crippen molar-refractivity contribution in [1.29, 1.82) is 0 Å². The molecule has 2 aliphatic heterocycles. The standard InChI is InChI=1S/C26H32F3N3/c1-7-24(8-2)19-13-11-12-14-20(19)32-22-21(15-18(16-30-22)26(27,28)29)31(17(5)6)23(32)25(24,9-3)10-4/h7,11-17,23H,1,8-10H2,2-6H3. The lowest BCUT2D eigenvalue weighted by Gasteiger charge is -2.61. The van der Waals surface area contributed by atoms with Gasteiger partial charge in [-0.05, 0) is 50.8 Å². The summed E-state index contributed by atoms with van der Waals surface area (Å²) in [6, 6.07) is 9.53. The lowest BCUT2D eigenvalue weighted by Crippen LogP contribution is -2.65. The largest absolute Gasteiger partial charge is 0.417 e. The number of alkyl halides is 3. The molecule has 0 amide bonds. The number of para-hydroxylation sites is 1. The molecule has 4 rings (SSSR count). The van der Waals surface area contributed by atoms with Crippen molar-refractivity contribution in [2.24, 2.45) is 5.41 Å². The summed E-state index contributed by atoms with van der Waals surface area (Å²) >= 11 is 0. The Morgan fingerprint density at radius 3 is 2.28 bits per heavy atom. The van der Waals surface area contributed by atoms with Gasteiger partial charge in [0.25, 0.3) is 0 Å². The molecular weight excluding hydrogens is 411 g/mol. The molecule has 2 aromatic rings. The lowest BCUT2D eigenvalue weighted by atomic mass is 9.52. The van der Waals surface area contributed by atoms with Gasteiger partial charge in [-0.25, -0.2) is 4.98 Å². The van der Waals surface area contributed by atoms with Crippen LogP contribution in [0.4, 0.5) is 30.4 Å². The van der Waals surface area contributed by atoms with Crippen LogP contribution in [-0.4, -0.2) is 17.2 Å². The van der Waals surface area contributed by atoms with Crippen LogP contribution in [0.25, 0.3) is 0 Å². The van der Waals surface area contributed by atoms with Crippen molar-refractivity contribution in [3.63, 3.8) is 0 Å². The molecule has 0 fully saturated rings. The van der Waals surface area contributed by atoms with Gasteiger partial charge in [-0.3, -0.25) is 0 Å². The summed E-state index contributed by atoms with van der Waals surface area (Å²) < 4.78 is 40.9. The zero-order valence-electron chi connectivity index (χ0n) is 19.5. The predicted molar refractivity (Wildman–Crippen MR) is 124 cm³/mol. The predicted octanol–water partition coefficient (Wildman–Crippen LogP) is 7.45. The van der Waals surface area contributed by atoms with Crippen LogP contribution in [0.5, 0.6) is 0 Å². The molecule has 0 spiro atoms. The Kier molecular flexibility index (Phi) is 5.34. The van der Waals surface area contributed by atoms with Gasteiger partial charge >= 0.3 is 6.18 Å². The van der Waals surface area contributed by atoms with Crippen LogP contribution in [0.3, 0.4) is 0 Å². The van der Waals surface area contributed by atoms with Gasteiger partial charge in [0, 0.05) is 28.8 Å². The number of aromatic nitrogens is 1.